The molecule has 1 saturated heterocycles. The fraction of sp³-hybridized carbons (Fsp3) is 0.467. The summed E-state index contributed by atoms with van der Waals surface area (Å²) in [7, 11) is 0. The minimum Gasteiger partial charge on any atom is -0.378 e. The first-order valence-electron chi connectivity index (χ1n) is 6.69. The molecule has 1 atom stereocenters. The van der Waals surface area contributed by atoms with Crippen LogP contribution in [-0.2, 0) is 4.74 Å². The van der Waals surface area contributed by atoms with Crippen molar-refractivity contribution in [3.05, 3.63) is 35.4 Å². The van der Waals surface area contributed by atoms with Crippen LogP contribution in [0.25, 0.3) is 0 Å². The number of nitrogens with zero attached hydrogens (tertiary/aromatic N) is 1. The Morgan fingerprint density at radius 2 is 2.37 bits per heavy atom. The Bertz CT molecular complexity index is 473. The molecular formula is C15H18N2O2. The van der Waals surface area contributed by atoms with Crippen LogP contribution in [0.2, 0.25) is 0 Å². The van der Waals surface area contributed by atoms with Crippen molar-refractivity contribution in [1.82, 2.24) is 5.32 Å². The van der Waals surface area contributed by atoms with Crippen molar-refractivity contribution in [2.75, 3.05) is 13.2 Å². The number of nitrogens with one attached hydrogen (secondary N) is 1. The fourth-order valence-corrected chi connectivity index (χ4v) is 2.21. The van der Waals surface area contributed by atoms with Gasteiger partial charge < -0.3 is 10.1 Å². The van der Waals surface area contributed by atoms with E-state index in [2.05, 4.69) is 5.32 Å². The SMILES string of the molecule is N#Cc1cccc(C(=O)NCC[C@@H]2CCCCO2)c1. The van der Waals surface area contributed by atoms with Gasteiger partial charge in [-0.15, -0.1) is 0 Å². The van der Waals surface area contributed by atoms with Crippen LogP contribution in [0.4, 0.5) is 0 Å². The summed E-state index contributed by atoms with van der Waals surface area (Å²) in [6.45, 7) is 1.45. The van der Waals surface area contributed by atoms with Crippen molar-refractivity contribution >= 4 is 5.91 Å². The monoisotopic (exact) mass is 258 g/mol. The second kappa shape index (κ2) is 6.91. The summed E-state index contributed by atoms with van der Waals surface area (Å²) in [6, 6.07) is 8.76. The van der Waals surface area contributed by atoms with Gasteiger partial charge in [-0.25, -0.2) is 0 Å². The van der Waals surface area contributed by atoms with Crippen molar-refractivity contribution in [1.29, 1.82) is 5.26 Å². The Balaban J connectivity index is 1.79. The largest absolute Gasteiger partial charge is 0.378 e. The van der Waals surface area contributed by atoms with Gasteiger partial charge in [0.1, 0.15) is 0 Å². The summed E-state index contributed by atoms with van der Waals surface area (Å²) in [5.41, 5.74) is 1.03. The van der Waals surface area contributed by atoms with E-state index in [0.29, 0.717) is 17.7 Å². The number of ether oxygens (including phenoxy) is 1. The molecule has 0 bridgehead atoms. The van der Waals surface area contributed by atoms with Gasteiger partial charge in [0, 0.05) is 18.7 Å². The first kappa shape index (κ1) is 13.6. The Morgan fingerprint density at radius 1 is 1.47 bits per heavy atom. The van der Waals surface area contributed by atoms with Gasteiger partial charge in [-0.3, -0.25) is 4.79 Å². The maximum absolute atomic E-state index is 11.9. The molecule has 4 heteroatoms. The number of carbonyl (C=O) groups excluding carboxylic acids is 1. The van der Waals surface area contributed by atoms with Crippen LogP contribution in [0, 0.1) is 11.3 Å². The van der Waals surface area contributed by atoms with E-state index in [-0.39, 0.29) is 12.0 Å². The standard InChI is InChI=1S/C15H18N2O2/c16-11-12-4-3-5-13(10-12)15(18)17-8-7-14-6-1-2-9-19-14/h3-5,10,14H,1-2,6-9H2,(H,17,18)/t14-/m0/s1. The van der Waals surface area contributed by atoms with E-state index in [1.54, 1.807) is 24.3 Å². The number of benzene rings is 1. The Morgan fingerprint density at radius 3 is 3.11 bits per heavy atom. The first-order chi connectivity index (χ1) is 9.29. The molecule has 19 heavy (non-hydrogen) atoms. The second-order valence-corrected chi connectivity index (χ2v) is 4.73. The lowest BCUT2D eigenvalue weighted by atomic mass is 10.1. The summed E-state index contributed by atoms with van der Waals surface area (Å²) in [5.74, 6) is -0.132. The topological polar surface area (TPSA) is 62.1 Å². The molecule has 0 aromatic heterocycles. The first-order valence-corrected chi connectivity index (χ1v) is 6.69. The molecule has 0 aliphatic carbocycles. The summed E-state index contributed by atoms with van der Waals surface area (Å²) < 4.78 is 5.61. The van der Waals surface area contributed by atoms with E-state index in [0.717, 1.165) is 25.9 Å². The highest BCUT2D eigenvalue weighted by atomic mass is 16.5. The van der Waals surface area contributed by atoms with Gasteiger partial charge >= 0.3 is 0 Å². The predicted octanol–water partition coefficient (Wildman–Crippen LogP) is 2.25. The fourth-order valence-electron chi connectivity index (χ4n) is 2.21. The Kier molecular flexibility index (Phi) is 4.93. The van der Waals surface area contributed by atoms with Crippen molar-refractivity contribution in [3.8, 4) is 6.07 Å². The van der Waals surface area contributed by atoms with Crippen LogP contribution in [0.1, 0.15) is 41.6 Å². The molecule has 1 heterocycles. The lowest BCUT2D eigenvalue weighted by Gasteiger charge is -2.22. The molecule has 1 aliphatic heterocycles. The molecule has 0 radical (unpaired) electrons. The third kappa shape index (κ3) is 4.08. The molecule has 100 valence electrons. The molecule has 1 aromatic rings. The molecular weight excluding hydrogens is 240 g/mol. The second-order valence-electron chi connectivity index (χ2n) is 4.73. The summed E-state index contributed by atoms with van der Waals surface area (Å²) in [5, 5.41) is 11.7. The Hall–Kier alpha value is -1.86. The van der Waals surface area contributed by atoms with E-state index in [1.165, 1.54) is 6.42 Å². The van der Waals surface area contributed by atoms with Gasteiger partial charge in [-0.1, -0.05) is 6.07 Å². The van der Waals surface area contributed by atoms with Crippen LogP contribution in [0.5, 0.6) is 0 Å². The highest BCUT2D eigenvalue weighted by molar-refractivity contribution is 5.94. The van der Waals surface area contributed by atoms with Crippen molar-refractivity contribution in [2.24, 2.45) is 0 Å². The zero-order valence-corrected chi connectivity index (χ0v) is 10.9. The number of nitriles is 1. The van der Waals surface area contributed by atoms with Crippen LogP contribution >= 0.6 is 0 Å². The van der Waals surface area contributed by atoms with E-state index >= 15 is 0 Å². The molecule has 2 rings (SSSR count). The molecule has 1 aromatic carbocycles. The predicted molar refractivity (Wildman–Crippen MR) is 71.7 cm³/mol. The molecule has 0 spiro atoms. The average molecular weight is 258 g/mol. The van der Waals surface area contributed by atoms with Crippen molar-refractivity contribution in [2.45, 2.75) is 31.8 Å². The van der Waals surface area contributed by atoms with Gasteiger partial charge in [0.25, 0.3) is 5.91 Å². The van der Waals surface area contributed by atoms with E-state index < -0.39 is 0 Å². The average Bonchev–Trinajstić information content (AvgIpc) is 2.48. The van der Waals surface area contributed by atoms with Gasteiger partial charge in [0.15, 0.2) is 0 Å². The molecule has 4 nitrogen and oxygen atoms in total. The van der Waals surface area contributed by atoms with Crippen molar-refractivity contribution in [3.63, 3.8) is 0 Å². The van der Waals surface area contributed by atoms with Gasteiger partial charge in [0.05, 0.1) is 17.7 Å². The summed E-state index contributed by atoms with van der Waals surface area (Å²) >= 11 is 0. The molecule has 0 saturated carbocycles. The zero-order valence-electron chi connectivity index (χ0n) is 10.9. The molecule has 1 N–H and O–H groups in total. The highest BCUT2D eigenvalue weighted by Crippen LogP contribution is 2.14. The van der Waals surface area contributed by atoms with E-state index in [4.69, 9.17) is 10.00 Å². The molecule has 1 fully saturated rings. The minimum atomic E-state index is -0.132. The molecule has 0 unspecified atom stereocenters. The summed E-state index contributed by atoms with van der Waals surface area (Å²) in [6.07, 6.45) is 4.57. The number of hydrogen-bond acceptors (Lipinski definition) is 3. The van der Waals surface area contributed by atoms with Gasteiger partial charge in [-0.2, -0.15) is 5.26 Å². The van der Waals surface area contributed by atoms with Crippen molar-refractivity contribution < 1.29 is 9.53 Å². The van der Waals surface area contributed by atoms with Crippen LogP contribution in [-0.4, -0.2) is 25.2 Å². The third-order valence-electron chi connectivity index (χ3n) is 3.28. The number of hydrogen-bond donors (Lipinski definition) is 1. The smallest absolute Gasteiger partial charge is 0.251 e. The maximum Gasteiger partial charge on any atom is 0.251 e. The van der Waals surface area contributed by atoms with Gasteiger partial charge in [-0.05, 0) is 43.9 Å². The minimum absolute atomic E-state index is 0.132. The quantitative estimate of drug-likeness (QED) is 0.901. The lowest BCUT2D eigenvalue weighted by Crippen LogP contribution is -2.29. The van der Waals surface area contributed by atoms with Crippen LogP contribution < -0.4 is 5.32 Å². The third-order valence-corrected chi connectivity index (χ3v) is 3.28. The van der Waals surface area contributed by atoms with Crippen LogP contribution in [0.15, 0.2) is 24.3 Å². The maximum atomic E-state index is 11.9. The molecule has 1 aliphatic rings. The zero-order chi connectivity index (χ0) is 13.5. The normalized spacial score (nSPS) is 18.6. The Labute approximate surface area is 113 Å². The number of rotatable bonds is 4. The summed E-state index contributed by atoms with van der Waals surface area (Å²) in [4.78, 5) is 11.9. The van der Waals surface area contributed by atoms with Gasteiger partial charge in [0.2, 0.25) is 0 Å². The van der Waals surface area contributed by atoms with E-state index in [1.807, 2.05) is 6.07 Å². The highest BCUT2D eigenvalue weighted by Gasteiger charge is 2.14. The van der Waals surface area contributed by atoms with E-state index in [9.17, 15) is 4.79 Å². The molecule has 1 amide bonds. The number of carbonyl (C=O) groups is 1. The van der Waals surface area contributed by atoms with Crippen LogP contribution in [0.3, 0.4) is 0 Å². The number of amides is 1. The lowest BCUT2D eigenvalue weighted by molar-refractivity contribution is 0.0117.